The van der Waals surface area contributed by atoms with Gasteiger partial charge in [0.25, 0.3) is 0 Å². The number of fused-ring (bicyclic) bond motifs is 1. The van der Waals surface area contributed by atoms with Crippen LogP contribution in [-0.2, 0) is 0 Å². The molecule has 4 rings (SSSR count). The molecule has 0 unspecified atom stereocenters. The molecule has 0 aromatic carbocycles. The van der Waals surface area contributed by atoms with Crippen molar-refractivity contribution in [1.29, 1.82) is 0 Å². The van der Waals surface area contributed by atoms with Crippen LogP contribution in [-0.4, -0.2) is 34.1 Å². The first-order valence-electron chi connectivity index (χ1n) is 7.49. The SMILES string of the molecule is c1cnc(N2C[C@H]3CC[C@@H](Oc4cccnc4)[C@H]3C2)nc1. The minimum absolute atomic E-state index is 0.285. The zero-order valence-corrected chi connectivity index (χ0v) is 11.8. The van der Waals surface area contributed by atoms with Crippen molar-refractivity contribution in [3.8, 4) is 5.75 Å². The summed E-state index contributed by atoms with van der Waals surface area (Å²) >= 11 is 0. The molecule has 0 amide bonds. The fourth-order valence-corrected chi connectivity index (χ4v) is 3.57. The van der Waals surface area contributed by atoms with E-state index in [9.17, 15) is 0 Å². The van der Waals surface area contributed by atoms with Crippen molar-refractivity contribution >= 4 is 5.95 Å². The first kappa shape index (κ1) is 12.6. The van der Waals surface area contributed by atoms with Crippen molar-refractivity contribution in [3.63, 3.8) is 0 Å². The molecule has 2 aromatic heterocycles. The first-order chi connectivity index (χ1) is 10.4. The molecule has 108 valence electrons. The number of pyridine rings is 1. The Hall–Kier alpha value is -2.17. The normalized spacial score (nSPS) is 27.6. The van der Waals surface area contributed by atoms with Gasteiger partial charge in [0, 0.05) is 37.6 Å². The van der Waals surface area contributed by atoms with E-state index in [0.717, 1.165) is 31.2 Å². The average molecular weight is 282 g/mol. The Morgan fingerprint density at radius 3 is 2.76 bits per heavy atom. The van der Waals surface area contributed by atoms with E-state index < -0.39 is 0 Å². The van der Waals surface area contributed by atoms with E-state index in [2.05, 4.69) is 19.9 Å². The highest BCUT2D eigenvalue weighted by molar-refractivity contribution is 5.32. The topological polar surface area (TPSA) is 51.1 Å². The highest BCUT2D eigenvalue weighted by Crippen LogP contribution is 2.40. The van der Waals surface area contributed by atoms with Crippen molar-refractivity contribution in [1.82, 2.24) is 15.0 Å². The number of hydrogen-bond donors (Lipinski definition) is 0. The predicted octanol–water partition coefficient (Wildman–Crippen LogP) is 2.17. The largest absolute Gasteiger partial charge is 0.488 e. The molecule has 1 aliphatic carbocycles. The van der Waals surface area contributed by atoms with Crippen LogP contribution in [0.2, 0.25) is 0 Å². The van der Waals surface area contributed by atoms with Crippen molar-refractivity contribution < 1.29 is 4.74 Å². The van der Waals surface area contributed by atoms with Gasteiger partial charge in [-0.25, -0.2) is 9.97 Å². The van der Waals surface area contributed by atoms with Gasteiger partial charge in [0.05, 0.1) is 6.20 Å². The number of rotatable bonds is 3. The van der Waals surface area contributed by atoms with Crippen LogP contribution in [0.3, 0.4) is 0 Å². The van der Waals surface area contributed by atoms with E-state index in [-0.39, 0.29) is 6.10 Å². The summed E-state index contributed by atoms with van der Waals surface area (Å²) in [7, 11) is 0. The molecule has 0 spiro atoms. The van der Waals surface area contributed by atoms with Crippen LogP contribution in [0.4, 0.5) is 5.95 Å². The Kier molecular flexibility index (Phi) is 3.18. The molecule has 2 fully saturated rings. The van der Waals surface area contributed by atoms with E-state index in [1.54, 1.807) is 24.8 Å². The summed E-state index contributed by atoms with van der Waals surface area (Å²) < 4.78 is 6.14. The molecule has 2 aliphatic rings. The van der Waals surface area contributed by atoms with Crippen LogP contribution in [0.25, 0.3) is 0 Å². The molecule has 2 aromatic rings. The van der Waals surface area contributed by atoms with Gasteiger partial charge < -0.3 is 9.64 Å². The third-order valence-corrected chi connectivity index (χ3v) is 4.55. The summed E-state index contributed by atoms with van der Waals surface area (Å²) in [5.74, 6) is 2.97. The summed E-state index contributed by atoms with van der Waals surface area (Å²) in [6.07, 6.45) is 9.81. The molecule has 1 saturated heterocycles. The van der Waals surface area contributed by atoms with Gasteiger partial charge in [-0.05, 0) is 37.0 Å². The van der Waals surface area contributed by atoms with E-state index >= 15 is 0 Å². The Bertz CT molecular complexity index is 592. The van der Waals surface area contributed by atoms with E-state index in [0.29, 0.717) is 11.8 Å². The zero-order valence-electron chi connectivity index (χ0n) is 11.8. The minimum Gasteiger partial charge on any atom is -0.488 e. The van der Waals surface area contributed by atoms with Crippen LogP contribution in [0.15, 0.2) is 43.0 Å². The quantitative estimate of drug-likeness (QED) is 0.863. The number of hydrogen-bond acceptors (Lipinski definition) is 5. The molecule has 5 heteroatoms. The smallest absolute Gasteiger partial charge is 0.225 e. The molecule has 1 aliphatic heterocycles. The molecule has 5 nitrogen and oxygen atoms in total. The van der Waals surface area contributed by atoms with E-state index in [1.165, 1.54) is 6.42 Å². The molecular formula is C16H18N4O. The number of ether oxygens (including phenoxy) is 1. The monoisotopic (exact) mass is 282 g/mol. The lowest BCUT2D eigenvalue weighted by Gasteiger charge is -2.21. The first-order valence-corrected chi connectivity index (χ1v) is 7.49. The fourth-order valence-electron chi connectivity index (χ4n) is 3.57. The van der Waals surface area contributed by atoms with Crippen LogP contribution in [0.1, 0.15) is 12.8 Å². The second-order valence-corrected chi connectivity index (χ2v) is 5.80. The van der Waals surface area contributed by atoms with Crippen molar-refractivity contribution in [2.24, 2.45) is 11.8 Å². The molecule has 0 radical (unpaired) electrons. The molecule has 21 heavy (non-hydrogen) atoms. The minimum atomic E-state index is 0.285. The maximum atomic E-state index is 6.14. The molecular weight excluding hydrogens is 264 g/mol. The van der Waals surface area contributed by atoms with Crippen molar-refractivity contribution in [3.05, 3.63) is 43.0 Å². The van der Waals surface area contributed by atoms with Gasteiger partial charge in [0.1, 0.15) is 11.9 Å². The summed E-state index contributed by atoms with van der Waals surface area (Å²) in [4.78, 5) is 15.1. The third kappa shape index (κ3) is 2.44. The van der Waals surface area contributed by atoms with Gasteiger partial charge in [-0.1, -0.05) is 0 Å². The fraction of sp³-hybridized carbons (Fsp3) is 0.438. The number of anilines is 1. The Morgan fingerprint density at radius 1 is 1.05 bits per heavy atom. The molecule has 3 heterocycles. The Balaban J connectivity index is 1.46. The van der Waals surface area contributed by atoms with E-state index in [1.807, 2.05) is 18.2 Å². The summed E-state index contributed by atoms with van der Waals surface area (Å²) in [6.45, 7) is 2.03. The lowest BCUT2D eigenvalue weighted by atomic mass is 9.99. The summed E-state index contributed by atoms with van der Waals surface area (Å²) in [5, 5.41) is 0. The van der Waals surface area contributed by atoms with Gasteiger partial charge >= 0.3 is 0 Å². The van der Waals surface area contributed by atoms with Crippen LogP contribution >= 0.6 is 0 Å². The Labute approximate surface area is 124 Å². The number of nitrogens with zero attached hydrogens (tertiary/aromatic N) is 4. The Morgan fingerprint density at radius 2 is 1.95 bits per heavy atom. The second kappa shape index (κ2) is 5.31. The highest BCUT2D eigenvalue weighted by Gasteiger charge is 2.44. The molecule has 0 bridgehead atoms. The number of aromatic nitrogens is 3. The van der Waals surface area contributed by atoms with Gasteiger partial charge in [0.15, 0.2) is 0 Å². The second-order valence-electron chi connectivity index (χ2n) is 5.80. The standard InChI is InChI=1S/C16H18N4O/c1-3-13(9-17-6-1)21-15-5-4-12-10-20(11-14(12)15)16-18-7-2-8-19-16/h1-3,6-9,12,14-15H,4-5,10-11H2/t12-,14+,15-/m1/s1. The maximum absolute atomic E-state index is 6.14. The molecule has 1 saturated carbocycles. The summed E-state index contributed by atoms with van der Waals surface area (Å²) in [6, 6.07) is 5.75. The van der Waals surface area contributed by atoms with E-state index in [4.69, 9.17) is 4.74 Å². The van der Waals surface area contributed by atoms with Gasteiger partial charge in [-0.3, -0.25) is 4.98 Å². The van der Waals surface area contributed by atoms with Crippen molar-refractivity contribution in [2.75, 3.05) is 18.0 Å². The molecule has 0 N–H and O–H groups in total. The average Bonchev–Trinajstić information content (AvgIpc) is 3.11. The van der Waals surface area contributed by atoms with Gasteiger partial charge in [-0.15, -0.1) is 0 Å². The highest BCUT2D eigenvalue weighted by atomic mass is 16.5. The maximum Gasteiger partial charge on any atom is 0.225 e. The van der Waals surface area contributed by atoms with Crippen molar-refractivity contribution in [2.45, 2.75) is 18.9 Å². The summed E-state index contributed by atoms with van der Waals surface area (Å²) in [5.41, 5.74) is 0. The third-order valence-electron chi connectivity index (χ3n) is 4.55. The van der Waals surface area contributed by atoms with Crippen LogP contribution in [0.5, 0.6) is 5.75 Å². The predicted molar refractivity (Wildman–Crippen MR) is 79.1 cm³/mol. The van der Waals surface area contributed by atoms with Gasteiger partial charge in [0.2, 0.25) is 5.95 Å². The van der Waals surface area contributed by atoms with Gasteiger partial charge in [-0.2, -0.15) is 0 Å². The zero-order chi connectivity index (χ0) is 14.1. The van der Waals surface area contributed by atoms with Crippen LogP contribution < -0.4 is 9.64 Å². The molecule has 3 atom stereocenters. The van der Waals surface area contributed by atoms with Crippen LogP contribution in [0, 0.1) is 11.8 Å². The lowest BCUT2D eigenvalue weighted by Crippen LogP contribution is -2.29. The lowest BCUT2D eigenvalue weighted by molar-refractivity contribution is 0.158.